The molecule has 8 heteroatoms. The zero-order valence-electron chi connectivity index (χ0n) is 12.8. The third kappa shape index (κ3) is 3.17. The maximum Gasteiger partial charge on any atom is 0.261 e. The molecule has 0 spiro atoms. The Hall–Kier alpha value is -0.960. The van der Waals surface area contributed by atoms with E-state index < -0.39 is 0 Å². The number of nitrogens with one attached hydrogen (secondary N) is 1. The van der Waals surface area contributed by atoms with E-state index in [1.54, 1.807) is 17.3 Å². The van der Waals surface area contributed by atoms with Gasteiger partial charge in [0.1, 0.15) is 5.51 Å². The summed E-state index contributed by atoms with van der Waals surface area (Å²) in [6, 6.07) is 4.63. The second-order valence-corrected chi connectivity index (χ2v) is 9.50. The second-order valence-electron chi connectivity index (χ2n) is 6.04. The number of thiophene rings is 1. The van der Waals surface area contributed by atoms with Crippen LogP contribution < -0.4 is 5.32 Å². The average Bonchev–Trinajstić information content (AvgIpc) is 3.23. The lowest BCUT2D eigenvalue weighted by atomic mass is 9.79. The third-order valence-corrected chi connectivity index (χ3v) is 7.80. The summed E-state index contributed by atoms with van der Waals surface area (Å²) in [6.45, 7) is 4.60. The molecule has 1 amide bonds. The zero-order chi connectivity index (χ0) is 15.8. The highest BCUT2D eigenvalue weighted by Gasteiger charge is 2.40. The van der Waals surface area contributed by atoms with E-state index in [9.17, 15) is 4.79 Å². The first-order chi connectivity index (χ1) is 11.2. The van der Waals surface area contributed by atoms with E-state index in [0.29, 0.717) is 12.0 Å². The van der Waals surface area contributed by atoms with Gasteiger partial charge in [-0.15, -0.1) is 21.5 Å². The van der Waals surface area contributed by atoms with Gasteiger partial charge in [-0.1, -0.05) is 11.3 Å². The minimum Gasteiger partial charge on any atom is -0.347 e. The molecule has 3 saturated heterocycles. The Labute approximate surface area is 147 Å². The van der Waals surface area contributed by atoms with Crippen LogP contribution >= 0.6 is 34.4 Å². The maximum atomic E-state index is 12.6. The summed E-state index contributed by atoms with van der Waals surface area (Å²) in [5.74, 6) is 0.693. The van der Waals surface area contributed by atoms with Crippen LogP contribution in [-0.2, 0) is 0 Å². The molecule has 2 atom stereocenters. The molecule has 5 nitrogen and oxygen atoms in total. The van der Waals surface area contributed by atoms with Crippen LogP contribution in [0.25, 0.3) is 0 Å². The van der Waals surface area contributed by atoms with E-state index in [0.717, 1.165) is 13.4 Å². The number of carbonyl (C=O) groups is 1. The molecule has 5 heterocycles. The minimum atomic E-state index is 0.0599. The number of carbonyl (C=O) groups excluding carboxylic acids is 1. The molecule has 0 unspecified atom stereocenters. The molecule has 23 heavy (non-hydrogen) atoms. The molecule has 2 aromatic heterocycles. The van der Waals surface area contributed by atoms with Gasteiger partial charge in [0.05, 0.1) is 9.09 Å². The van der Waals surface area contributed by atoms with Gasteiger partial charge in [0, 0.05) is 12.1 Å². The van der Waals surface area contributed by atoms with Crippen molar-refractivity contribution in [3.63, 3.8) is 0 Å². The third-order valence-electron chi connectivity index (χ3n) is 4.81. The number of hydrogen-bond donors (Lipinski definition) is 1. The Morgan fingerprint density at radius 2 is 2.22 bits per heavy atom. The highest BCUT2D eigenvalue weighted by Crippen LogP contribution is 2.35. The summed E-state index contributed by atoms with van der Waals surface area (Å²) in [5, 5.41) is 11.1. The molecule has 0 aromatic carbocycles. The predicted molar refractivity (Wildman–Crippen MR) is 93.4 cm³/mol. The van der Waals surface area contributed by atoms with Crippen molar-refractivity contribution in [3.05, 3.63) is 22.5 Å². The zero-order valence-corrected chi connectivity index (χ0v) is 15.2. The van der Waals surface area contributed by atoms with Gasteiger partial charge < -0.3 is 5.32 Å². The summed E-state index contributed by atoms with van der Waals surface area (Å²) in [7, 11) is 0. The van der Waals surface area contributed by atoms with Gasteiger partial charge in [0.2, 0.25) is 0 Å². The van der Waals surface area contributed by atoms with Crippen molar-refractivity contribution in [1.29, 1.82) is 0 Å². The average molecular weight is 367 g/mol. The van der Waals surface area contributed by atoms with Gasteiger partial charge in [-0.2, -0.15) is 0 Å². The van der Waals surface area contributed by atoms with Crippen LogP contribution in [0.2, 0.25) is 0 Å². The number of piperidine rings is 3. The molecule has 122 valence electrons. The van der Waals surface area contributed by atoms with E-state index in [2.05, 4.69) is 27.3 Å². The van der Waals surface area contributed by atoms with Crippen LogP contribution in [0.4, 0.5) is 0 Å². The minimum absolute atomic E-state index is 0.0599. The molecule has 2 bridgehead atoms. The molecule has 0 radical (unpaired) electrons. The maximum absolute atomic E-state index is 12.6. The smallest absolute Gasteiger partial charge is 0.261 e. The molecule has 2 aromatic rings. The predicted octanol–water partition coefficient (Wildman–Crippen LogP) is 2.96. The fourth-order valence-corrected chi connectivity index (χ4v) is 6.30. The van der Waals surface area contributed by atoms with Crippen molar-refractivity contribution in [2.24, 2.45) is 5.92 Å². The van der Waals surface area contributed by atoms with E-state index in [1.165, 1.54) is 48.6 Å². The standard InChI is InChI=1S/C15H18N4OS3/c1-9-13(10-4-6-19(9)7-5-10)17-14(20)11-2-3-12(22-11)23-15-18-16-8-21-15/h2-3,8-10,13H,4-7H2,1H3,(H,17,20)/t9-,13+/m1/s1. The van der Waals surface area contributed by atoms with Crippen LogP contribution in [0.3, 0.4) is 0 Å². The van der Waals surface area contributed by atoms with Crippen LogP contribution in [-0.4, -0.2) is 46.2 Å². The fraction of sp³-hybridized carbons (Fsp3) is 0.533. The Bertz CT molecular complexity index is 677. The SMILES string of the molecule is C[C@@H]1[C@H](NC(=O)c2ccc(Sc3nncs3)s2)C2CCN1CC2. The van der Waals surface area contributed by atoms with Crippen molar-refractivity contribution in [2.75, 3.05) is 13.1 Å². The monoisotopic (exact) mass is 366 g/mol. The number of hydrogen-bond acceptors (Lipinski definition) is 7. The molecule has 0 saturated carbocycles. The second kappa shape index (κ2) is 6.51. The summed E-state index contributed by atoms with van der Waals surface area (Å²) in [6.07, 6.45) is 2.41. The number of fused-ring (bicyclic) bond motifs is 3. The van der Waals surface area contributed by atoms with Crippen LogP contribution in [0.15, 0.2) is 26.2 Å². The van der Waals surface area contributed by atoms with Gasteiger partial charge in [0.25, 0.3) is 5.91 Å². The summed E-state index contributed by atoms with van der Waals surface area (Å²) < 4.78 is 1.98. The molecule has 0 aliphatic carbocycles. The molecular weight excluding hydrogens is 348 g/mol. The van der Waals surface area contributed by atoms with Gasteiger partial charge >= 0.3 is 0 Å². The van der Waals surface area contributed by atoms with Gasteiger partial charge in [-0.05, 0) is 62.7 Å². The first kappa shape index (κ1) is 15.6. The van der Waals surface area contributed by atoms with Crippen molar-refractivity contribution in [1.82, 2.24) is 20.4 Å². The van der Waals surface area contributed by atoms with Crippen molar-refractivity contribution >= 4 is 40.3 Å². The molecule has 3 aliphatic rings. The summed E-state index contributed by atoms with van der Waals surface area (Å²) in [4.78, 5) is 15.9. The first-order valence-electron chi connectivity index (χ1n) is 7.79. The highest BCUT2D eigenvalue weighted by molar-refractivity contribution is 8.02. The molecule has 3 aliphatic heterocycles. The van der Waals surface area contributed by atoms with Crippen molar-refractivity contribution in [2.45, 2.75) is 40.4 Å². The van der Waals surface area contributed by atoms with Crippen molar-refractivity contribution in [3.8, 4) is 0 Å². The highest BCUT2D eigenvalue weighted by atomic mass is 32.2. The Morgan fingerprint density at radius 3 is 2.91 bits per heavy atom. The van der Waals surface area contributed by atoms with E-state index in [1.807, 2.05) is 12.1 Å². The lowest BCUT2D eigenvalue weighted by Crippen LogP contribution is -2.62. The van der Waals surface area contributed by atoms with Gasteiger partial charge in [-0.3, -0.25) is 9.69 Å². The summed E-state index contributed by atoms with van der Waals surface area (Å²) >= 11 is 4.61. The van der Waals surface area contributed by atoms with Crippen LogP contribution in [0.5, 0.6) is 0 Å². The molecular formula is C15H18N4OS3. The van der Waals surface area contributed by atoms with E-state index >= 15 is 0 Å². The number of rotatable bonds is 4. The molecule has 3 fully saturated rings. The fourth-order valence-electron chi connectivity index (χ4n) is 3.56. The summed E-state index contributed by atoms with van der Waals surface area (Å²) in [5.41, 5.74) is 1.72. The quantitative estimate of drug-likeness (QED) is 0.901. The van der Waals surface area contributed by atoms with Crippen molar-refractivity contribution < 1.29 is 4.79 Å². The lowest BCUT2D eigenvalue weighted by Gasteiger charge is -2.49. The number of nitrogens with zero attached hydrogens (tertiary/aromatic N) is 3. The Kier molecular flexibility index (Phi) is 4.40. The molecule has 5 rings (SSSR count). The van der Waals surface area contributed by atoms with Gasteiger partial charge in [-0.25, -0.2) is 0 Å². The van der Waals surface area contributed by atoms with Crippen LogP contribution in [0, 0.1) is 5.92 Å². The Morgan fingerprint density at radius 1 is 1.39 bits per heavy atom. The van der Waals surface area contributed by atoms with E-state index in [4.69, 9.17) is 0 Å². The first-order valence-corrected chi connectivity index (χ1v) is 10.3. The van der Waals surface area contributed by atoms with Gasteiger partial charge in [0.15, 0.2) is 4.34 Å². The number of aromatic nitrogens is 2. The molecule has 1 N–H and O–H groups in total. The number of amides is 1. The van der Waals surface area contributed by atoms with E-state index in [-0.39, 0.29) is 11.9 Å². The Balaban J connectivity index is 1.42. The lowest BCUT2D eigenvalue weighted by molar-refractivity contribution is 0.0218. The normalized spacial score (nSPS) is 29.6. The van der Waals surface area contributed by atoms with Crippen LogP contribution in [0.1, 0.15) is 29.4 Å². The topological polar surface area (TPSA) is 58.1 Å². The largest absolute Gasteiger partial charge is 0.347 e.